The maximum absolute atomic E-state index is 13.8. The van der Waals surface area contributed by atoms with Crippen molar-refractivity contribution in [2.45, 2.75) is 32.6 Å². The highest BCUT2D eigenvalue weighted by Crippen LogP contribution is 2.24. The molecule has 1 aliphatic carbocycles. The van der Waals surface area contributed by atoms with Crippen molar-refractivity contribution in [3.05, 3.63) is 69.8 Å². The Morgan fingerprint density at radius 3 is 2.43 bits per heavy atom. The number of fused-ring (bicyclic) bond motifs is 1. The Bertz CT molecular complexity index is 719. The Kier molecular flexibility index (Phi) is 3.58. The predicted octanol–water partition coefficient (Wildman–Crippen LogP) is 4.38. The number of carbonyl (C=O) groups is 1. The van der Waals surface area contributed by atoms with Crippen LogP contribution in [-0.4, -0.2) is 5.78 Å². The van der Waals surface area contributed by atoms with Gasteiger partial charge in [-0.2, -0.15) is 0 Å². The van der Waals surface area contributed by atoms with E-state index in [9.17, 15) is 13.6 Å². The Morgan fingerprint density at radius 1 is 0.952 bits per heavy atom. The minimum absolute atomic E-state index is 0.0651. The summed E-state index contributed by atoms with van der Waals surface area (Å²) in [6, 6.07) is 7.61. The third-order valence-corrected chi connectivity index (χ3v) is 4.10. The molecule has 0 fully saturated rings. The summed E-state index contributed by atoms with van der Waals surface area (Å²) < 4.78 is 27.1. The molecule has 0 heterocycles. The van der Waals surface area contributed by atoms with E-state index in [4.69, 9.17) is 0 Å². The average molecular weight is 286 g/mol. The molecule has 0 N–H and O–H groups in total. The molecule has 0 saturated carbocycles. The molecule has 0 unspecified atom stereocenters. The van der Waals surface area contributed by atoms with Crippen LogP contribution >= 0.6 is 0 Å². The van der Waals surface area contributed by atoms with Crippen LogP contribution in [0.5, 0.6) is 0 Å². The van der Waals surface area contributed by atoms with E-state index >= 15 is 0 Å². The molecule has 0 spiro atoms. The van der Waals surface area contributed by atoms with E-state index in [1.165, 1.54) is 30.5 Å². The van der Waals surface area contributed by atoms with Crippen LogP contribution in [0.1, 0.15) is 45.5 Å². The smallest absolute Gasteiger partial charge is 0.195 e. The average Bonchev–Trinajstić information content (AvgIpc) is 2.50. The number of halogens is 2. The fourth-order valence-electron chi connectivity index (χ4n) is 2.86. The zero-order chi connectivity index (χ0) is 15.0. The molecule has 3 rings (SSSR count). The second kappa shape index (κ2) is 5.40. The van der Waals surface area contributed by atoms with Crippen molar-refractivity contribution in [2.24, 2.45) is 0 Å². The third-order valence-electron chi connectivity index (χ3n) is 4.10. The van der Waals surface area contributed by atoms with Gasteiger partial charge in [0, 0.05) is 11.6 Å². The molecule has 1 aliphatic rings. The first-order chi connectivity index (χ1) is 10.1. The summed E-state index contributed by atoms with van der Waals surface area (Å²) in [6.07, 6.45) is 4.29. The molecule has 21 heavy (non-hydrogen) atoms. The van der Waals surface area contributed by atoms with Crippen molar-refractivity contribution < 1.29 is 13.6 Å². The Hall–Kier alpha value is -2.03. The number of hydrogen-bond acceptors (Lipinski definition) is 1. The second-order valence-electron chi connectivity index (χ2n) is 5.60. The van der Waals surface area contributed by atoms with E-state index in [-0.39, 0.29) is 16.9 Å². The van der Waals surface area contributed by atoms with Crippen molar-refractivity contribution in [1.29, 1.82) is 0 Å². The van der Waals surface area contributed by atoms with Crippen LogP contribution in [0.4, 0.5) is 8.78 Å². The van der Waals surface area contributed by atoms with Gasteiger partial charge in [-0.3, -0.25) is 4.79 Å². The van der Waals surface area contributed by atoms with Crippen molar-refractivity contribution in [3.8, 4) is 0 Å². The predicted molar refractivity (Wildman–Crippen MR) is 77.6 cm³/mol. The van der Waals surface area contributed by atoms with E-state index < -0.39 is 11.6 Å². The molecule has 0 radical (unpaired) electrons. The summed E-state index contributed by atoms with van der Waals surface area (Å²) in [5.74, 6) is -1.82. The number of benzene rings is 2. The van der Waals surface area contributed by atoms with Crippen molar-refractivity contribution in [2.75, 3.05) is 0 Å². The lowest BCUT2D eigenvalue weighted by Crippen LogP contribution is -2.09. The van der Waals surface area contributed by atoms with Gasteiger partial charge in [-0.05, 0) is 61.4 Å². The van der Waals surface area contributed by atoms with Gasteiger partial charge in [-0.1, -0.05) is 12.1 Å². The lowest BCUT2D eigenvalue weighted by molar-refractivity contribution is 0.103. The zero-order valence-corrected chi connectivity index (χ0v) is 11.9. The van der Waals surface area contributed by atoms with E-state index in [2.05, 4.69) is 0 Å². The first kappa shape index (κ1) is 13.9. The monoisotopic (exact) mass is 286 g/mol. The summed E-state index contributed by atoms with van der Waals surface area (Å²) >= 11 is 0. The van der Waals surface area contributed by atoms with Crippen molar-refractivity contribution in [1.82, 2.24) is 0 Å². The number of ketones is 1. The van der Waals surface area contributed by atoms with Gasteiger partial charge in [0.15, 0.2) is 5.78 Å². The molecule has 3 heteroatoms. The van der Waals surface area contributed by atoms with Crippen LogP contribution < -0.4 is 0 Å². The molecular formula is C18H16F2O. The number of rotatable bonds is 2. The summed E-state index contributed by atoms with van der Waals surface area (Å²) in [6.45, 7) is 1.53. The number of carbonyl (C=O) groups excluding carboxylic acids is 1. The molecule has 0 amide bonds. The largest absolute Gasteiger partial charge is 0.288 e. The highest BCUT2D eigenvalue weighted by atomic mass is 19.1. The summed E-state index contributed by atoms with van der Waals surface area (Å²) in [7, 11) is 0. The third kappa shape index (κ3) is 2.60. The Labute approximate surface area is 122 Å². The topological polar surface area (TPSA) is 17.1 Å². The standard InChI is InChI=1S/C18H16F2O/c1-11-8-15(17(20)10-16(11)19)18(21)14-7-6-12-4-2-3-5-13(12)9-14/h6-10H,2-5H2,1H3. The Morgan fingerprint density at radius 2 is 1.67 bits per heavy atom. The maximum atomic E-state index is 13.8. The van der Waals surface area contributed by atoms with E-state index in [1.54, 1.807) is 6.07 Å². The normalized spacial score (nSPS) is 13.9. The van der Waals surface area contributed by atoms with Gasteiger partial charge >= 0.3 is 0 Å². The number of hydrogen-bond donors (Lipinski definition) is 0. The first-order valence-electron chi connectivity index (χ1n) is 7.18. The van der Waals surface area contributed by atoms with Crippen LogP contribution in [0.2, 0.25) is 0 Å². The SMILES string of the molecule is Cc1cc(C(=O)c2ccc3c(c2)CCCC3)c(F)cc1F. The van der Waals surface area contributed by atoms with Crippen molar-refractivity contribution >= 4 is 5.78 Å². The molecule has 0 atom stereocenters. The number of aryl methyl sites for hydroxylation is 3. The van der Waals surface area contributed by atoms with Crippen LogP contribution in [0.3, 0.4) is 0 Å². The highest BCUT2D eigenvalue weighted by Gasteiger charge is 2.18. The fourth-order valence-corrected chi connectivity index (χ4v) is 2.86. The minimum atomic E-state index is -0.805. The summed E-state index contributed by atoms with van der Waals surface area (Å²) in [4.78, 5) is 12.5. The van der Waals surface area contributed by atoms with Crippen molar-refractivity contribution in [3.63, 3.8) is 0 Å². The van der Waals surface area contributed by atoms with Gasteiger partial charge in [-0.25, -0.2) is 8.78 Å². The molecule has 1 nitrogen and oxygen atoms in total. The Balaban J connectivity index is 2.01. The van der Waals surface area contributed by atoms with Gasteiger partial charge in [0.2, 0.25) is 0 Å². The molecule has 0 aromatic heterocycles. The van der Waals surface area contributed by atoms with Gasteiger partial charge in [0.1, 0.15) is 11.6 Å². The van der Waals surface area contributed by atoms with E-state index in [1.807, 2.05) is 12.1 Å². The van der Waals surface area contributed by atoms with Gasteiger partial charge in [-0.15, -0.1) is 0 Å². The highest BCUT2D eigenvalue weighted by molar-refractivity contribution is 6.09. The quantitative estimate of drug-likeness (QED) is 0.749. The van der Waals surface area contributed by atoms with Gasteiger partial charge in [0.25, 0.3) is 0 Å². The van der Waals surface area contributed by atoms with E-state index in [0.29, 0.717) is 5.56 Å². The molecule has 2 aromatic carbocycles. The van der Waals surface area contributed by atoms with Crippen LogP contribution in [0.25, 0.3) is 0 Å². The van der Waals surface area contributed by atoms with E-state index in [0.717, 1.165) is 25.3 Å². The molecule has 0 bridgehead atoms. The molecular weight excluding hydrogens is 270 g/mol. The maximum Gasteiger partial charge on any atom is 0.195 e. The zero-order valence-electron chi connectivity index (χ0n) is 11.9. The summed E-state index contributed by atoms with van der Waals surface area (Å²) in [5, 5.41) is 0. The molecule has 0 saturated heterocycles. The minimum Gasteiger partial charge on any atom is -0.288 e. The lowest BCUT2D eigenvalue weighted by Gasteiger charge is -2.16. The second-order valence-corrected chi connectivity index (χ2v) is 5.60. The summed E-state index contributed by atoms with van der Waals surface area (Å²) in [5.41, 5.74) is 3.13. The molecule has 108 valence electrons. The van der Waals surface area contributed by atoms with Crippen LogP contribution in [0.15, 0.2) is 30.3 Å². The first-order valence-corrected chi connectivity index (χ1v) is 7.18. The molecule has 2 aromatic rings. The van der Waals surface area contributed by atoms with Gasteiger partial charge in [0.05, 0.1) is 5.56 Å². The fraction of sp³-hybridized carbons (Fsp3) is 0.278. The van der Waals surface area contributed by atoms with Crippen LogP contribution in [0, 0.1) is 18.6 Å². The van der Waals surface area contributed by atoms with Crippen LogP contribution in [-0.2, 0) is 12.8 Å². The van der Waals surface area contributed by atoms with Gasteiger partial charge < -0.3 is 0 Å². The lowest BCUT2D eigenvalue weighted by atomic mass is 9.89. The molecule has 0 aliphatic heterocycles.